The summed E-state index contributed by atoms with van der Waals surface area (Å²) in [6.45, 7) is 3.48. The fraction of sp³-hybridized carbons (Fsp3) is 0.348. The Hall–Kier alpha value is -4.13. The number of anilines is 3. The number of H-pyrrole nitrogens is 1. The molecule has 2 aliphatic rings. The lowest BCUT2D eigenvalue weighted by Gasteiger charge is -2.21. The van der Waals surface area contributed by atoms with E-state index in [9.17, 15) is 10.1 Å². The highest BCUT2D eigenvalue weighted by atomic mass is 16.4. The van der Waals surface area contributed by atoms with Crippen molar-refractivity contribution >= 4 is 23.7 Å². The summed E-state index contributed by atoms with van der Waals surface area (Å²) in [6, 6.07) is 13.5. The first-order valence-electron chi connectivity index (χ1n) is 10.9. The number of aromatic nitrogens is 4. The third-order valence-electron chi connectivity index (χ3n) is 6.24. The fourth-order valence-electron chi connectivity index (χ4n) is 4.52. The molecule has 1 amide bonds. The van der Waals surface area contributed by atoms with Crippen molar-refractivity contribution in [2.75, 3.05) is 23.3 Å². The van der Waals surface area contributed by atoms with E-state index < -0.39 is 6.09 Å². The Morgan fingerprint density at radius 3 is 2.76 bits per heavy atom. The van der Waals surface area contributed by atoms with Crippen molar-refractivity contribution in [1.82, 2.24) is 25.5 Å². The van der Waals surface area contributed by atoms with Gasteiger partial charge in [0.05, 0.1) is 17.3 Å². The number of aromatic amines is 1. The number of fused-ring (bicyclic) bond motifs is 1. The third-order valence-corrected chi connectivity index (χ3v) is 6.24. The topological polar surface area (TPSA) is 143 Å². The summed E-state index contributed by atoms with van der Waals surface area (Å²) in [7, 11) is 0. The lowest BCUT2D eigenvalue weighted by Crippen LogP contribution is -2.34. The highest BCUT2D eigenvalue weighted by Crippen LogP contribution is 2.46. The van der Waals surface area contributed by atoms with Gasteiger partial charge in [0.1, 0.15) is 5.82 Å². The highest BCUT2D eigenvalue weighted by molar-refractivity contribution is 5.66. The number of hydrogen-bond donors (Lipinski definition) is 4. The molecule has 0 radical (unpaired) electrons. The zero-order chi connectivity index (χ0) is 22.9. The van der Waals surface area contributed by atoms with Gasteiger partial charge in [0.25, 0.3) is 0 Å². The Kier molecular flexibility index (Phi) is 5.30. The number of nitriles is 1. The zero-order valence-electron chi connectivity index (χ0n) is 18.1. The molecular weight excluding hydrogens is 420 g/mol. The van der Waals surface area contributed by atoms with Gasteiger partial charge in [-0.25, -0.2) is 9.78 Å². The lowest BCUT2D eigenvalue weighted by molar-refractivity contribution is 0.192. The quantitative estimate of drug-likeness (QED) is 0.436. The van der Waals surface area contributed by atoms with Crippen LogP contribution in [0, 0.1) is 23.2 Å². The zero-order valence-corrected chi connectivity index (χ0v) is 18.1. The van der Waals surface area contributed by atoms with Crippen LogP contribution in [0.1, 0.15) is 29.4 Å². The van der Waals surface area contributed by atoms with E-state index in [-0.39, 0.29) is 17.9 Å². The second-order valence-electron chi connectivity index (χ2n) is 8.50. The van der Waals surface area contributed by atoms with Crippen LogP contribution in [-0.4, -0.2) is 50.5 Å². The fourth-order valence-corrected chi connectivity index (χ4v) is 4.52. The molecule has 168 valence electrons. The Bertz CT molecular complexity index is 1220. The highest BCUT2D eigenvalue weighted by Gasteiger charge is 2.57. The molecule has 10 heteroatoms. The smallest absolute Gasteiger partial charge is 0.404 e. The maximum atomic E-state index is 11.0. The first-order chi connectivity index (χ1) is 16.0. The van der Waals surface area contributed by atoms with E-state index in [1.54, 1.807) is 6.07 Å². The largest absolute Gasteiger partial charge is 0.465 e. The van der Waals surface area contributed by atoms with Crippen LogP contribution in [0.25, 0.3) is 0 Å². The van der Waals surface area contributed by atoms with Gasteiger partial charge >= 0.3 is 6.09 Å². The van der Waals surface area contributed by atoms with Crippen molar-refractivity contribution in [2.45, 2.75) is 25.8 Å². The number of nitrogens with one attached hydrogen (secondary N) is 3. The molecule has 1 aromatic carbocycles. The summed E-state index contributed by atoms with van der Waals surface area (Å²) < 4.78 is 0. The predicted octanol–water partition coefficient (Wildman–Crippen LogP) is 2.67. The van der Waals surface area contributed by atoms with Crippen LogP contribution < -0.4 is 15.5 Å². The molecule has 2 fully saturated rings. The lowest BCUT2D eigenvalue weighted by atomic mass is 10.1. The number of piperidine rings is 1. The van der Waals surface area contributed by atoms with Gasteiger partial charge in [-0.05, 0) is 24.1 Å². The standard InChI is InChI=1S/C23H24N8O2/c1-2-15-8-20(30-29-15)26-19-9-16(7-13-4-3-5-14(6-13)10-24)25-22(27-19)31-11-17-18(12-31)21(17)28-23(32)33/h3-6,8-9,17-18,21,28H,2,7,11-12H2,1H3,(H,32,33)(H2,25,26,27,29,30)/t17-,18+,21?. The molecule has 0 spiro atoms. The van der Waals surface area contributed by atoms with Crippen LogP contribution in [-0.2, 0) is 12.8 Å². The summed E-state index contributed by atoms with van der Waals surface area (Å²) in [5.74, 6) is 2.51. The number of aryl methyl sites for hydroxylation is 1. The van der Waals surface area contributed by atoms with Crippen molar-refractivity contribution in [2.24, 2.45) is 11.8 Å². The van der Waals surface area contributed by atoms with Crippen molar-refractivity contribution in [3.05, 3.63) is 58.9 Å². The summed E-state index contributed by atoms with van der Waals surface area (Å²) in [5.41, 5.74) is 3.45. The predicted molar refractivity (Wildman–Crippen MR) is 121 cm³/mol. The van der Waals surface area contributed by atoms with E-state index >= 15 is 0 Å². The van der Waals surface area contributed by atoms with E-state index in [1.807, 2.05) is 30.3 Å². The number of benzene rings is 1. The van der Waals surface area contributed by atoms with Gasteiger partial charge < -0.3 is 20.6 Å². The van der Waals surface area contributed by atoms with Crippen LogP contribution in [0.15, 0.2) is 36.4 Å². The second kappa shape index (κ2) is 8.43. The van der Waals surface area contributed by atoms with Gasteiger partial charge in [-0.3, -0.25) is 5.10 Å². The molecule has 1 aliphatic heterocycles. The molecule has 1 unspecified atom stereocenters. The molecule has 1 aliphatic carbocycles. The van der Waals surface area contributed by atoms with Crippen LogP contribution in [0.5, 0.6) is 0 Å². The summed E-state index contributed by atoms with van der Waals surface area (Å²) >= 11 is 0. The number of carboxylic acid groups (broad SMARTS) is 1. The molecule has 1 saturated carbocycles. The van der Waals surface area contributed by atoms with Crippen LogP contribution in [0.2, 0.25) is 0 Å². The molecule has 10 nitrogen and oxygen atoms in total. The molecule has 3 heterocycles. The molecule has 3 aromatic rings. The summed E-state index contributed by atoms with van der Waals surface area (Å²) in [6.07, 6.45) is 0.437. The Morgan fingerprint density at radius 2 is 2.06 bits per heavy atom. The van der Waals surface area contributed by atoms with Crippen molar-refractivity contribution in [3.63, 3.8) is 0 Å². The van der Waals surface area contributed by atoms with Crippen molar-refractivity contribution < 1.29 is 9.90 Å². The number of carbonyl (C=O) groups is 1. The van der Waals surface area contributed by atoms with Crippen LogP contribution in [0.3, 0.4) is 0 Å². The van der Waals surface area contributed by atoms with E-state index in [1.165, 1.54) is 0 Å². The number of amides is 1. The van der Waals surface area contributed by atoms with Crippen LogP contribution >= 0.6 is 0 Å². The minimum atomic E-state index is -0.976. The number of hydrogen-bond acceptors (Lipinski definition) is 7. The molecule has 3 atom stereocenters. The minimum Gasteiger partial charge on any atom is -0.465 e. The Morgan fingerprint density at radius 1 is 1.24 bits per heavy atom. The minimum absolute atomic E-state index is 0.0183. The monoisotopic (exact) mass is 444 g/mol. The number of rotatable bonds is 7. The van der Waals surface area contributed by atoms with Gasteiger partial charge in [0.15, 0.2) is 5.82 Å². The Labute approximate surface area is 190 Å². The molecular formula is C23H24N8O2. The normalized spacial score (nSPS) is 20.7. The van der Waals surface area contributed by atoms with E-state index in [0.29, 0.717) is 42.7 Å². The Balaban J connectivity index is 1.39. The van der Waals surface area contributed by atoms with Crippen molar-refractivity contribution in [3.8, 4) is 6.07 Å². The molecule has 2 aromatic heterocycles. The van der Waals surface area contributed by atoms with E-state index in [4.69, 9.17) is 15.1 Å². The maximum absolute atomic E-state index is 11.0. The molecule has 0 bridgehead atoms. The molecule has 33 heavy (non-hydrogen) atoms. The second-order valence-corrected chi connectivity index (χ2v) is 8.50. The van der Waals surface area contributed by atoms with Gasteiger partial charge in [-0.15, -0.1) is 0 Å². The van der Waals surface area contributed by atoms with Crippen molar-refractivity contribution in [1.29, 1.82) is 5.26 Å². The maximum Gasteiger partial charge on any atom is 0.404 e. The molecule has 1 saturated heterocycles. The third kappa shape index (κ3) is 4.43. The summed E-state index contributed by atoms with van der Waals surface area (Å²) in [4.78, 5) is 22.6. The van der Waals surface area contributed by atoms with Crippen LogP contribution in [0.4, 0.5) is 22.4 Å². The van der Waals surface area contributed by atoms with E-state index in [0.717, 1.165) is 23.4 Å². The van der Waals surface area contributed by atoms with Gasteiger partial charge in [-0.2, -0.15) is 15.3 Å². The average Bonchev–Trinajstić information content (AvgIpc) is 3.16. The first-order valence-corrected chi connectivity index (χ1v) is 10.9. The summed E-state index contributed by atoms with van der Waals surface area (Å²) in [5, 5.41) is 31.3. The van der Waals surface area contributed by atoms with Gasteiger partial charge in [0.2, 0.25) is 5.95 Å². The SMILES string of the molecule is CCc1cc(Nc2cc(Cc3cccc(C#N)c3)nc(N3C[C@@H]4C(NC(=O)O)[C@@H]4C3)n2)n[nH]1. The van der Waals surface area contributed by atoms with Gasteiger partial charge in [0, 0.05) is 55.2 Å². The molecule has 4 N–H and O–H groups in total. The first kappa shape index (κ1) is 20.8. The van der Waals surface area contributed by atoms with E-state index in [2.05, 4.69) is 38.7 Å². The van der Waals surface area contributed by atoms with Gasteiger partial charge in [-0.1, -0.05) is 19.1 Å². The number of nitrogens with zero attached hydrogens (tertiary/aromatic N) is 5. The molecule has 5 rings (SSSR count). The average molecular weight is 444 g/mol.